The fourth-order valence-electron chi connectivity index (χ4n) is 3.36. The third kappa shape index (κ3) is 4.71. The summed E-state index contributed by atoms with van der Waals surface area (Å²) in [5, 5.41) is 12.7. The molecule has 2 aromatic carbocycles. The van der Waals surface area contributed by atoms with Crippen LogP contribution in [0.1, 0.15) is 48.5 Å². The molecule has 0 unspecified atom stereocenters. The summed E-state index contributed by atoms with van der Waals surface area (Å²) in [4.78, 5) is 17.1. The quantitative estimate of drug-likeness (QED) is 0.576. The first-order valence-electron chi connectivity index (χ1n) is 10.3. The molecule has 7 nitrogen and oxygen atoms in total. The molecule has 33 heavy (non-hydrogen) atoms. The number of hydrogen-bond acceptors (Lipinski definition) is 7. The molecule has 0 bridgehead atoms. The second-order valence-electron chi connectivity index (χ2n) is 8.67. The maximum Gasteiger partial charge on any atom is 0.265 e. The Labute approximate surface area is 196 Å². The number of fused-ring (bicyclic) bond motifs is 1. The Balaban J connectivity index is 1.65. The van der Waals surface area contributed by atoms with Crippen LogP contribution in [0.5, 0.6) is 5.75 Å². The van der Waals surface area contributed by atoms with E-state index in [1.54, 1.807) is 48.0 Å². The van der Waals surface area contributed by atoms with E-state index in [2.05, 4.69) is 9.71 Å². The van der Waals surface area contributed by atoms with Gasteiger partial charge in [-0.25, -0.2) is 18.1 Å². The maximum absolute atomic E-state index is 12.9. The zero-order chi connectivity index (χ0) is 23.8. The highest BCUT2D eigenvalue weighted by molar-refractivity contribution is 7.91. The van der Waals surface area contributed by atoms with Crippen LogP contribution in [-0.4, -0.2) is 35.8 Å². The Hall–Kier alpha value is -3.01. The Morgan fingerprint density at radius 1 is 1.24 bits per heavy atom. The van der Waals surface area contributed by atoms with Crippen molar-refractivity contribution in [2.45, 2.75) is 31.6 Å². The third-order valence-corrected chi connectivity index (χ3v) is 8.03. The van der Waals surface area contributed by atoms with Gasteiger partial charge in [0.2, 0.25) is 10.0 Å². The zero-order valence-electron chi connectivity index (χ0n) is 18.4. The summed E-state index contributed by atoms with van der Waals surface area (Å²) in [6, 6.07) is 12.1. The molecule has 2 heterocycles. The van der Waals surface area contributed by atoms with E-state index >= 15 is 0 Å². The molecule has 0 fully saturated rings. The van der Waals surface area contributed by atoms with Gasteiger partial charge in [-0.15, -0.1) is 11.3 Å². The number of ether oxygens (including phenoxy) is 1. The molecular formula is C24H24N2O5S2. The third-order valence-electron chi connectivity index (χ3n) is 5.35. The molecule has 0 radical (unpaired) electrons. The van der Waals surface area contributed by atoms with Crippen LogP contribution < -0.4 is 9.46 Å². The van der Waals surface area contributed by atoms with E-state index in [1.807, 2.05) is 11.5 Å². The van der Waals surface area contributed by atoms with E-state index in [1.165, 1.54) is 32.1 Å². The van der Waals surface area contributed by atoms with Gasteiger partial charge in [-0.2, -0.15) is 0 Å². The number of rotatable bonds is 4. The van der Waals surface area contributed by atoms with Crippen LogP contribution in [0.25, 0.3) is 17.2 Å². The number of nitrogens with zero attached hydrogens (tertiary/aromatic N) is 1. The first kappa shape index (κ1) is 23.2. The number of aliphatic hydroxyl groups excluding tert-OH is 1. The molecule has 3 aromatic rings. The van der Waals surface area contributed by atoms with Crippen LogP contribution >= 0.6 is 11.3 Å². The standard InChI is InChI=1S/C24H24N2O5S2/c1-24(2,3)33(29,30)26-23(28)19-7-5-4-6-18(19)15-8-9-20-21(11-15)31-12-16(22(20)27)10-17-13-32-14-25-17/h4-11,13-14,22,27H,12H2,1-3H3,(H,26,28)/b16-10+/t22-/m1/s1. The Kier molecular flexibility index (Phi) is 6.13. The van der Waals surface area contributed by atoms with Crippen molar-refractivity contribution in [2.24, 2.45) is 0 Å². The van der Waals surface area contributed by atoms with Gasteiger partial charge in [0.15, 0.2) is 0 Å². The van der Waals surface area contributed by atoms with Gasteiger partial charge in [-0.3, -0.25) is 4.79 Å². The van der Waals surface area contributed by atoms with Gasteiger partial charge in [-0.05, 0) is 50.1 Å². The van der Waals surface area contributed by atoms with Gasteiger partial charge in [-0.1, -0.05) is 30.3 Å². The average Bonchev–Trinajstić information content (AvgIpc) is 3.27. The van der Waals surface area contributed by atoms with Gasteiger partial charge < -0.3 is 9.84 Å². The number of nitrogens with one attached hydrogen (secondary N) is 1. The van der Waals surface area contributed by atoms with Crippen molar-refractivity contribution in [3.63, 3.8) is 0 Å². The number of thiazole rings is 1. The molecule has 9 heteroatoms. The van der Waals surface area contributed by atoms with Crippen molar-refractivity contribution in [3.8, 4) is 16.9 Å². The van der Waals surface area contributed by atoms with Crippen molar-refractivity contribution < 1.29 is 23.1 Å². The van der Waals surface area contributed by atoms with Crippen molar-refractivity contribution in [3.05, 3.63) is 75.7 Å². The number of carbonyl (C=O) groups excluding carboxylic acids is 1. The van der Waals surface area contributed by atoms with Crippen molar-refractivity contribution in [1.29, 1.82) is 0 Å². The number of aromatic nitrogens is 1. The average molecular weight is 485 g/mol. The molecule has 2 N–H and O–H groups in total. The first-order valence-corrected chi connectivity index (χ1v) is 12.7. The van der Waals surface area contributed by atoms with Crippen LogP contribution in [0.3, 0.4) is 0 Å². The van der Waals surface area contributed by atoms with Gasteiger partial charge in [0.05, 0.1) is 16.0 Å². The van der Waals surface area contributed by atoms with Crippen molar-refractivity contribution in [2.75, 3.05) is 6.61 Å². The van der Waals surface area contributed by atoms with Gasteiger partial charge in [0.25, 0.3) is 5.91 Å². The number of amides is 1. The number of hydrogen-bond donors (Lipinski definition) is 2. The largest absolute Gasteiger partial charge is 0.489 e. The van der Waals surface area contributed by atoms with E-state index in [9.17, 15) is 18.3 Å². The SMILES string of the molecule is CC(C)(C)S(=O)(=O)NC(=O)c1ccccc1-c1ccc2c(c1)OC/C(=C\c1cscn1)[C@H]2O. The summed E-state index contributed by atoms with van der Waals surface area (Å²) < 4.78 is 31.9. The fraction of sp³-hybridized carbons (Fsp3) is 0.250. The van der Waals surface area contributed by atoms with Crippen LogP contribution in [0.15, 0.2) is 58.9 Å². The van der Waals surface area contributed by atoms with Gasteiger partial charge >= 0.3 is 0 Å². The number of sulfonamides is 1. The Morgan fingerprint density at radius 2 is 2.00 bits per heavy atom. The summed E-state index contributed by atoms with van der Waals surface area (Å²) in [6.45, 7) is 4.79. The van der Waals surface area contributed by atoms with Crippen molar-refractivity contribution in [1.82, 2.24) is 9.71 Å². The summed E-state index contributed by atoms with van der Waals surface area (Å²) in [7, 11) is -3.86. The molecule has 1 aromatic heterocycles. The molecule has 1 aliphatic rings. The second-order valence-corrected chi connectivity index (χ2v) is 11.8. The molecule has 0 aliphatic carbocycles. The molecule has 0 spiro atoms. The molecule has 1 atom stereocenters. The minimum Gasteiger partial charge on any atom is -0.489 e. The smallest absolute Gasteiger partial charge is 0.265 e. The normalized spacial score (nSPS) is 17.3. The molecular weight excluding hydrogens is 460 g/mol. The van der Waals surface area contributed by atoms with E-state index in [4.69, 9.17) is 4.74 Å². The molecule has 172 valence electrons. The number of aliphatic hydroxyl groups is 1. The highest BCUT2D eigenvalue weighted by Gasteiger charge is 2.32. The Bertz CT molecular complexity index is 1320. The lowest BCUT2D eigenvalue weighted by Gasteiger charge is -2.26. The monoisotopic (exact) mass is 484 g/mol. The first-order chi connectivity index (χ1) is 15.6. The second kappa shape index (κ2) is 8.74. The maximum atomic E-state index is 12.9. The topological polar surface area (TPSA) is 106 Å². The highest BCUT2D eigenvalue weighted by Crippen LogP contribution is 2.39. The minimum atomic E-state index is -3.86. The summed E-state index contributed by atoms with van der Waals surface area (Å²) in [5.74, 6) is -0.194. The number of benzene rings is 2. The molecule has 0 saturated heterocycles. The number of carbonyl (C=O) groups is 1. The predicted octanol–water partition coefficient (Wildman–Crippen LogP) is 4.18. The predicted molar refractivity (Wildman–Crippen MR) is 129 cm³/mol. The zero-order valence-corrected chi connectivity index (χ0v) is 20.0. The van der Waals surface area contributed by atoms with Gasteiger partial charge in [0.1, 0.15) is 18.5 Å². The minimum absolute atomic E-state index is 0.209. The molecule has 4 rings (SSSR count). The highest BCUT2D eigenvalue weighted by atomic mass is 32.2. The molecule has 1 aliphatic heterocycles. The van der Waals surface area contributed by atoms with Crippen LogP contribution in [-0.2, 0) is 10.0 Å². The lowest BCUT2D eigenvalue weighted by molar-refractivity contribution is 0.0981. The molecule has 1 amide bonds. The van der Waals surface area contributed by atoms with E-state index in [0.717, 1.165) is 5.69 Å². The van der Waals surface area contributed by atoms with E-state index < -0.39 is 26.8 Å². The van der Waals surface area contributed by atoms with Crippen LogP contribution in [0.2, 0.25) is 0 Å². The fourth-order valence-corrected chi connectivity index (χ4v) is 4.53. The van der Waals surface area contributed by atoms with Crippen molar-refractivity contribution >= 4 is 33.3 Å². The van der Waals surface area contributed by atoms with E-state index in [-0.39, 0.29) is 12.2 Å². The van der Waals surface area contributed by atoms with Crippen LogP contribution in [0.4, 0.5) is 0 Å². The summed E-state index contributed by atoms with van der Waals surface area (Å²) in [5.41, 5.74) is 5.27. The van der Waals surface area contributed by atoms with Crippen LogP contribution in [0, 0.1) is 0 Å². The lowest BCUT2D eigenvalue weighted by atomic mass is 9.93. The lowest BCUT2D eigenvalue weighted by Crippen LogP contribution is -2.42. The van der Waals surface area contributed by atoms with E-state index in [0.29, 0.717) is 28.0 Å². The van der Waals surface area contributed by atoms with Gasteiger partial charge in [0, 0.05) is 22.1 Å². The molecule has 0 saturated carbocycles. The summed E-state index contributed by atoms with van der Waals surface area (Å²) >= 11 is 1.47. The summed E-state index contributed by atoms with van der Waals surface area (Å²) in [6.07, 6.45) is 0.979. The Morgan fingerprint density at radius 3 is 2.70 bits per heavy atom.